The van der Waals surface area contributed by atoms with E-state index in [0.29, 0.717) is 6.04 Å². The number of aliphatic imine (C=N–C) groups is 1. The average Bonchev–Trinajstić information content (AvgIpc) is 2.73. The molecule has 110 valence electrons. The van der Waals surface area contributed by atoms with Crippen molar-refractivity contribution in [3.05, 3.63) is 0 Å². The maximum atomic E-state index is 6.09. The Hall–Kier alpha value is -0.810. The molecule has 0 bridgehead atoms. The topological polar surface area (TPSA) is 62.9 Å². The molecule has 0 amide bonds. The summed E-state index contributed by atoms with van der Waals surface area (Å²) in [5.74, 6) is 6.51. The normalized spacial score (nSPS) is 27.6. The van der Waals surface area contributed by atoms with Crippen LogP contribution in [-0.4, -0.2) is 41.2 Å². The number of nitrogens with zero attached hydrogens (tertiary/aromatic N) is 2. The van der Waals surface area contributed by atoms with Crippen LogP contribution in [0.25, 0.3) is 0 Å². The summed E-state index contributed by atoms with van der Waals surface area (Å²) in [6.45, 7) is 10.1. The first kappa shape index (κ1) is 14.6. The van der Waals surface area contributed by atoms with Crippen molar-refractivity contribution >= 4 is 5.96 Å². The number of morpholine rings is 1. The van der Waals surface area contributed by atoms with Gasteiger partial charge in [-0.2, -0.15) is 0 Å². The monoisotopic (exact) mass is 268 g/mol. The largest absolute Gasteiger partial charge is 0.366 e. The van der Waals surface area contributed by atoms with Crippen molar-refractivity contribution in [3.63, 3.8) is 0 Å². The van der Waals surface area contributed by atoms with Crippen LogP contribution in [0.3, 0.4) is 0 Å². The summed E-state index contributed by atoms with van der Waals surface area (Å²) >= 11 is 0. The minimum atomic E-state index is -0.185. The predicted molar refractivity (Wildman–Crippen MR) is 77.8 cm³/mol. The van der Waals surface area contributed by atoms with Crippen molar-refractivity contribution in [2.24, 2.45) is 10.8 Å². The quantitative estimate of drug-likeness (QED) is 0.328. The molecule has 0 spiro atoms. The standard InChI is InChI=1S/C14H28N4O/c1-13(2)9-18(10-14(3,4)19-13)12(17-15)16-11-7-5-6-8-11/h11H,5-10,15H2,1-4H3,(H,16,17). The summed E-state index contributed by atoms with van der Waals surface area (Å²) in [5, 5.41) is 0. The Morgan fingerprint density at radius 3 is 2.16 bits per heavy atom. The lowest BCUT2D eigenvalue weighted by molar-refractivity contribution is -0.167. The highest BCUT2D eigenvalue weighted by Gasteiger charge is 2.39. The molecule has 1 aliphatic heterocycles. The van der Waals surface area contributed by atoms with Crippen LogP contribution in [-0.2, 0) is 4.74 Å². The van der Waals surface area contributed by atoms with Gasteiger partial charge in [-0.1, -0.05) is 12.8 Å². The fourth-order valence-electron chi connectivity index (χ4n) is 3.35. The van der Waals surface area contributed by atoms with Crippen LogP contribution in [0, 0.1) is 0 Å². The lowest BCUT2D eigenvalue weighted by atomic mass is 9.99. The zero-order valence-electron chi connectivity index (χ0n) is 12.7. The summed E-state index contributed by atoms with van der Waals surface area (Å²) in [4.78, 5) is 7.02. The van der Waals surface area contributed by atoms with Gasteiger partial charge in [-0.3, -0.25) is 5.43 Å². The number of hydrogen-bond donors (Lipinski definition) is 2. The van der Waals surface area contributed by atoms with Crippen molar-refractivity contribution in [1.29, 1.82) is 0 Å². The van der Waals surface area contributed by atoms with Gasteiger partial charge in [0.1, 0.15) is 0 Å². The van der Waals surface area contributed by atoms with E-state index in [0.717, 1.165) is 19.0 Å². The molecular formula is C14H28N4O. The van der Waals surface area contributed by atoms with Gasteiger partial charge in [0, 0.05) is 13.1 Å². The Bertz CT molecular complexity index is 329. The maximum absolute atomic E-state index is 6.09. The number of guanidine groups is 1. The van der Waals surface area contributed by atoms with Gasteiger partial charge in [0.25, 0.3) is 0 Å². The highest BCUT2D eigenvalue weighted by atomic mass is 16.5. The van der Waals surface area contributed by atoms with Crippen LogP contribution in [0.15, 0.2) is 4.99 Å². The second kappa shape index (κ2) is 5.29. The predicted octanol–water partition coefficient (Wildman–Crippen LogP) is 1.64. The van der Waals surface area contributed by atoms with Crippen LogP contribution < -0.4 is 11.3 Å². The first-order valence-electron chi connectivity index (χ1n) is 7.31. The van der Waals surface area contributed by atoms with E-state index in [1.165, 1.54) is 25.7 Å². The van der Waals surface area contributed by atoms with Crippen molar-refractivity contribution in [2.45, 2.75) is 70.6 Å². The third kappa shape index (κ3) is 3.83. The van der Waals surface area contributed by atoms with Crippen LogP contribution in [0.5, 0.6) is 0 Å². The highest BCUT2D eigenvalue weighted by molar-refractivity contribution is 5.80. The Morgan fingerprint density at radius 2 is 1.68 bits per heavy atom. The summed E-state index contributed by atoms with van der Waals surface area (Å²) in [5.41, 5.74) is 2.42. The van der Waals surface area contributed by atoms with E-state index < -0.39 is 0 Å². The third-order valence-electron chi connectivity index (χ3n) is 3.75. The smallest absolute Gasteiger partial charge is 0.208 e. The van der Waals surface area contributed by atoms with Crippen LogP contribution in [0.1, 0.15) is 53.4 Å². The van der Waals surface area contributed by atoms with Gasteiger partial charge in [0.15, 0.2) is 0 Å². The second-order valence-corrected chi connectivity index (χ2v) is 7.01. The van der Waals surface area contributed by atoms with E-state index in [-0.39, 0.29) is 11.2 Å². The number of nitrogens with two attached hydrogens (primary N) is 1. The van der Waals surface area contributed by atoms with E-state index in [1.807, 2.05) is 0 Å². The average molecular weight is 268 g/mol. The highest BCUT2D eigenvalue weighted by Crippen LogP contribution is 2.28. The zero-order valence-corrected chi connectivity index (χ0v) is 12.7. The van der Waals surface area contributed by atoms with E-state index in [9.17, 15) is 0 Å². The summed E-state index contributed by atoms with van der Waals surface area (Å²) in [6.07, 6.45) is 4.93. The summed E-state index contributed by atoms with van der Waals surface area (Å²) in [7, 11) is 0. The molecule has 0 aromatic heterocycles. The molecule has 1 heterocycles. The summed E-state index contributed by atoms with van der Waals surface area (Å²) < 4.78 is 6.09. The van der Waals surface area contributed by atoms with Crippen LogP contribution in [0.4, 0.5) is 0 Å². The van der Waals surface area contributed by atoms with Gasteiger partial charge in [-0.25, -0.2) is 10.8 Å². The molecule has 2 rings (SSSR count). The number of hydrogen-bond acceptors (Lipinski definition) is 3. The van der Waals surface area contributed by atoms with Crippen molar-refractivity contribution in [3.8, 4) is 0 Å². The zero-order chi connectivity index (χ0) is 14.1. The first-order valence-corrected chi connectivity index (χ1v) is 7.31. The molecular weight excluding hydrogens is 240 g/mol. The van der Waals surface area contributed by atoms with Crippen LogP contribution >= 0.6 is 0 Å². The van der Waals surface area contributed by atoms with Crippen LogP contribution in [0.2, 0.25) is 0 Å². The molecule has 1 saturated carbocycles. The van der Waals surface area contributed by atoms with Gasteiger partial charge in [-0.05, 0) is 40.5 Å². The molecule has 1 saturated heterocycles. The minimum Gasteiger partial charge on any atom is -0.366 e. The van der Waals surface area contributed by atoms with Gasteiger partial charge in [0.05, 0.1) is 17.2 Å². The van der Waals surface area contributed by atoms with E-state index in [2.05, 4.69) is 38.0 Å². The Labute approximate surface area is 116 Å². The molecule has 0 aromatic carbocycles. The van der Waals surface area contributed by atoms with Gasteiger partial charge >= 0.3 is 0 Å². The number of nitrogens with one attached hydrogen (secondary N) is 1. The van der Waals surface area contributed by atoms with Crippen molar-refractivity contribution in [1.82, 2.24) is 10.3 Å². The molecule has 2 aliphatic rings. The number of rotatable bonds is 1. The van der Waals surface area contributed by atoms with Crippen molar-refractivity contribution < 1.29 is 4.74 Å². The molecule has 5 heteroatoms. The van der Waals surface area contributed by atoms with E-state index in [4.69, 9.17) is 15.6 Å². The molecule has 0 radical (unpaired) electrons. The maximum Gasteiger partial charge on any atom is 0.208 e. The van der Waals surface area contributed by atoms with Gasteiger partial charge < -0.3 is 9.64 Å². The number of hydrazine groups is 1. The molecule has 3 N–H and O–H groups in total. The molecule has 2 fully saturated rings. The molecule has 5 nitrogen and oxygen atoms in total. The SMILES string of the molecule is CC1(C)CN(C(=NC2CCCC2)NN)CC(C)(C)O1. The fraction of sp³-hybridized carbons (Fsp3) is 0.929. The Balaban J connectivity index is 2.13. The number of ether oxygens (including phenoxy) is 1. The first-order chi connectivity index (χ1) is 8.81. The molecule has 0 atom stereocenters. The lowest BCUT2D eigenvalue weighted by Gasteiger charge is -2.48. The van der Waals surface area contributed by atoms with Gasteiger partial charge in [0.2, 0.25) is 5.96 Å². The lowest BCUT2D eigenvalue weighted by Crippen LogP contribution is -2.61. The Kier molecular flexibility index (Phi) is 4.06. The molecule has 0 aromatic rings. The molecule has 19 heavy (non-hydrogen) atoms. The Morgan fingerprint density at radius 1 is 1.16 bits per heavy atom. The second-order valence-electron chi connectivity index (χ2n) is 7.01. The summed E-state index contributed by atoms with van der Waals surface area (Å²) in [6, 6.07) is 0.431. The minimum absolute atomic E-state index is 0.185. The molecule has 0 unspecified atom stereocenters. The fourth-order valence-corrected chi connectivity index (χ4v) is 3.35. The van der Waals surface area contributed by atoms with Crippen molar-refractivity contribution in [2.75, 3.05) is 13.1 Å². The third-order valence-corrected chi connectivity index (χ3v) is 3.75. The molecule has 1 aliphatic carbocycles. The van der Waals surface area contributed by atoms with Gasteiger partial charge in [-0.15, -0.1) is 0 Å². The van der Waals surface area contributed by atoms with E-state index in [1.54, 1.807) is 0 Å². The van der Waals surface area contributed by atoms with E-state index >= 15 is 0 Å².